The van der Waals surface area contributed by atoms with Crippen LogP contribution in [0.4, 0.5) is 5.82 Å². The minimum Gasteiger partial charge on any atom is -0.377 e. The van der Waals surface area contributed by atoms with Crippen molar-refractivity contribution in [3.05, 3.63) is 17.3 Å². The fourth-order valence-electron chi connectivity index (χ4n) is 2.51. The summed E-state index contributed by atoms with van der Waals surface area (Å²) < 4.78 is 5.71. The second-order valence-corrected chi connectivity index (χ2v) is 6.08. The van der Waals surface area contributed by atoms with E-state index in [-0.39, 0.29) is 6.10 Å². The van der Waals surface area contributed by atoms with E-state index in [1.165, 1.54) is 10.3 Å². The van der Waals surface area contributed by atoms with Gasteiger partial charge in [0.05, 0.1) is 11.5 Å². The molecule has 4 nitrogen and oxygen atoms in total. The van der Waals surface area contributed by atoms with Crippen LogP contribution in [0.5, 0.6) is 0 Å². The third-order valence-corrected chi connectivity index (χ3v) is 4.65. The summed E-state index contributed by atoms with van der Waals surface area (Å²) in [7, 11) is 0. The van der Waals surface area contributed by atoms with Crippen molar-refractivity contribution in [2.75, 3.05) is 24.6 Å². The lowest BCUT2D eigenvalue weighted by Crippen LogP contribution is -2.30. The average molecular weight is 277 g/mol. The molecule has 2 aromatic rings. The van der Waals surface area contributed by atoms with E-state index in [0.29, 0.717) is 0 Å². The summed E-state index contributed by atoms with van der Waals surface area (Å²) in [6.45, 7) is 7.06. The second-order valence-electron chi connectivity index (χ2n) is 4.96. The van der Waals surface area contributed by atoms with Crippen LogP contribution in [0, 0.1) is 0 Å². The SMILES string of the molecule is CCc1cc2c(N3CCCO[C@@H](C)C3)ncnc2s1. The molecule has 0 N–H and O–H groups in total. The van der Waals surface area contributed by atoms with Crippen molar-refractivity contribution in [1.82, 2.24) is 9.97 Å². The molecule has 0 radical (unpaired) electrons. The lowest BCUT2D eigenvalue weighted by molar-refractivity contribution is 0.0820. The maximum absolute atomic E-state index is 5.71. The van der Waals surface area contributed by atoms with E-state index in [0.717, 1.165) is 43.2 Å². The molecular formula is C14H19N3OS. The highest BCUT2D eigenvalue weighted by Crippen LogP contribution is 2.31. The van der Waals surface area contributed by atoms with Gasteiger partial charge in [-0.3, -0.25) is 0 Å². The first-order valence-corrected chi connectivity index (χ1v) is 7.69. The van der Waals surface area contributed by atoms with Crippen LogP contribution in [0.15, 0.2) is 12.4 Å². The Morgan fingerprint density at radius 2 is 2.37 bits per heavy atom. The number of ether oxygens (including phenoxy) is 1. The van der Waals surface area contributed by atoms with E-state index in [9.17, 15) is 0 Å². The van der Waals surface area contributed by atoms with Crippen LogP contribution in [-0.4, -0.2) is 35.8 Å². The smallest absolute Gasteiger partial charge is 0.140 e. The Balaban J connectivity index is 2.00. The quantitative estimate of drug-likeness (QED) is 0.846. The lowest BCUT2D eigenvalue weighted by atomic mass is 10.2. The van der Waals surface area contributed by atoms with E-state index in [1.807, 2.05) is 0 Å². The molecule has 2 aromatic heterocycles. The van der Waals surface area contributed by atoms with Gasteiger partial charge in [-0.1, -0.05) is 6.92 Å². The molecule has 102 valence electrons. The summed E-state index contributed by atoms with van der Waals surface area (Å²) in [6.07, 6.45) is 4.06. The van der Waals surface area contributed by atoms with Crippen LogP contribution >= 0.6 is 11.3 Å². The van der Waals surface area contributed by atoms with Crippen molar-refractivity contribution in [3.8, 4) is 0 Å². The van der Waals surface area contributed by atoms with Crippen LogP contribution in [0.25, 0.3) is 10.2 Å². The molecule has 19 heavy (non-hydrogen) atoms. The molecule has 1 aliphatic heterocycles. The first-order valence-electron chi connectivity index (χ1n) is 6.88. The molecular weight excluding hydrogens is 258 g/mol. The number of hydrogen-bond donors (Lipinski definition) is 0. The third-order valence-electron chi connectivity index (χ3n) is 3.46. The molecule has 0 aromatic carbocycles. The molecule has 0 bridgehead atoms. The molecule has 1 atom stereocenters. The fraction of sp³-hybridized carbons (Fsp3) is 0.571. The van der Waals surface area contributed by atoms with Gasteiger partial charge in [-0.2, -0.15) is 0 Å². The number of nitrogens with zero attached hydrogens (tertiary/aromatic N) is 3. The van der Waals surface area contributed by atoms with Crippen LogP contribution in [0.2, 0.25) is 0 Å². The van der Waals surface area contributed by atoms with Gasteiger partial charge in [0.2, 0.25) is 0 Å². The molecule has 0 aliphatic carbocycles. The molecule has 1 fully saturated rings. The van der Waals surface area contributed by atoms with Gasteiger partial charge < -0.3 is 9.64 Å². The number of thiophene rings is 1. The maximum Gasteiger partial charge on any atom is 0.140 e. The lowest BCUT2D eigenvalue weighted by Gasteiger charge is -2.23. The standard InChI is InChI=1S/C14H19N3OS/c1-3-11-7-12-13(15-9-16-14(12)19-11)17-5-4-6-18-10(2)8-17/h7,9-10H,3-6,8H2,1-2H3/t10-/m0/s1. The zero-order chi connectivity index (χ0) is 13.2. The summed E-state index contributed by atoms with van der Waals surface area (Å²) in [6, 6.07) is 2.24. The first kappa shape index (κ1) is 12.8. The van der Waals surface area contributed by atoms with Gasteiger partial charge >= 0.3 is 0 Å². The molecule has 3 heterocycles. The zero-order valence-electron chi connectivity index (χ0n) is 11.4. The first-order chi connectivity index (χ1) is 9.28. The van der Waals surface area contributed by atoms with E-state index >= 15 is 0 Å². The predicted molar refractivity (Wildman–Crippen MR) is 79.0 cm³/mol. The topological polar surface area (TPSA) is 38.2 Å². The molecule has 0 unspecified atom stereocenters. The number of anilines is 1. The number of hydrogen-bond acceptors (Lipinski definition) is 5. The van der Waals surface area contributed by atoms with Gasteiger partial charge in [0.1, 0.15) is 17.0 Å². The van der Waals surface area contributed by atoms with Crippen LogP contribution in [0.1, 0.15) is 25.1 Å². The summed E-state index contributed by atoms with van der Waals surface area (Å²) in [5.41, 5.74) is 0. The number of rotatable bonds is 2. The summed E-state index contributed by atoms with van der Waals surface area (Å²) in [5.74, 6) is 1.07. The highest BCUT2D eigenvalue weighted by atomic mass is 32.1. The zero-order valence-corrected chi connectivity index (χ0v) is 12.2. The fourth-order valence-corrected chi connectivity index (χ4v) is 3.44. The van der Waals surface area contributed by atoms with Crippen LogP contribution < -0.4 is 4.90 Å². The Bertz CT molecular complexity index is 569. The normalized spacial score (nSPS) is 20.7. The van der Waals surface area contributed by atoms with E-state index < -0.39 is 0 Å². The molecule has 3 rings (SSSR count). The Morgan fingerprint density at radius 3 is 3.21 bits per heavy atom. The van der Waals surface area contributed by atoms with E-state index in [1.54, 1.807) is 17.7 Å². The second kappa shape index (κ2) is 5.43. The molecule has 1 aliphatic rings. The van der Waals surface area contributed by atoms with Crippen molar-refractivity contribution in [3.63, 3.8) is 0 Å². The Labute approximate surface area is 117 Å². The Kier molecular flexibility index (Phi) is 3.66. The van der Waals surface area contributed by atoms with Crippen molar-refractivity contribution in [1.29, 1.82) is 0 Å². The van der Waals surface area contributed by atoms with Gasteiger partial charge in [-0.05, 0) is 25.8 Å². The molecule has 1 saturated heterocycles. The largest absolute Gasteiger partial charge is 0.377 e. The molecule has 5 heteroatoms. The van der Waals surface area contributed by atoms with Crippen molar-refractivity contribution < 1.29 is 4.74 Å². The summed E-state index contributed by atoms with van der Waals surface area (Å²) in [5, 5.41) is 1.19. The van der Waals surface area contributed by atoms with Gasteiger partial charge in [0.25, 0.3) is 0 Å². The Morgan fingerprint density at radius 1 is 1.47 bits per heavy atom. The van der Waals surface area contributed by atoms with Crippen LogP contribution in [-0.2, 0) is 11.2 Å². The molecule has 0 amide bonds. The minimum atomic E-state index is 0.261. The predicted octanol–water partition coefficient (Wildman–Crippen LogP) is 2.87. The third kappa shape index (κ3) is 2.58. The van der Waals surface area contributed by atoms with E-state index in [2.05, 4.69) is 34.8 Å². The van der Waals surface area contributed by atoms with Gasteiger partial charge in [-0.25, -0.2) is 9.97 Å². The summed E-state index contributed by atoms with van der Waals surface area (Å²) >= 11 is 1.77. The van der Waals surface area contributed by atoms with Gasteiger partial charge in [0.15, 0.2) is 0 Å². The highest BCUT2D eigenvalue weighted by molar-refractivity contribution is 7.18. The Hall–Kier alpha value is -1.20. The van der Waals surface area contributed by atoms with E-state index in [4.69, 9.17) is 4.74 Å². The highest BCUT2D eigenvalue weighted by Gasteiger charge is 2.19. The van der Waals surface area contributed by atoms with Gasteiger partial charge in [0, 0.05) is 24.6 Å². The van der Waals surface area contributed by atoms with Crippen molar-refractivity contribution in [2.45, 2.75) is 32.8 Å². The summed E-state index contributed by atoms with van der Waals surface area (Å²) in [4.78, 5) is 13.7. The van der Waals surface area contributed by atoms with Crippen molar-refractivity contribution >= 4 is 27.4 Å². The average Bonchev–Trinajstić information content (AvgIpc) is 2.73. The number of aryl methyl sites for hydroxylation is 1. The molecule has 0 spiro atoms. The maximum atomic E-state index is 5.71. The van der Waals surface area contributed by atoms with Gasteiger partial charge in [-0.15, -0.1) is 11.3 Å². The monoisotopic (exact) mass is 277 g/mol. The van der Waals surface area contributed by atoms with Crippen LogP contribution in [0.3, 0.4) is 0 Å². The number of aromatic nitrogens is 2. The minimum absolute atomic E-state index is 0.261. The number of fused-ring (bicyclic) bond motifs is 1. The van der Waals surface area contributed by atoms with Crippen molar-refractivity contribution in [2.24, 2.45) is 0 Å². The molecule has 0 saturated carbocycles.